The number of esters is 1. The van der Waals surface area contributed by atoms with Crippen LogP contribution in [0.4, 0.5) is 13.2 Å². The average molecular weight is 294 g/mol. The fraction of sp³-hybridized carbons (Fsp3) is 0.545. The number of hydrogen-bond acceptors (Lipinski definition) is 4. The predicted octanol–water partition coefficient (Wildman–Crippen LogP) is 0.897. The van der Waals surface area contributed by atoms with Crippen LogP contribution >= 0.6 is 0 Å². The maximum Gasteiger partial charge on any atom is 0.423 e. The molecule has 0 aromatic carbocycles. The van der Waals surface area contributed by atoms with Crippen LogP contribution in [0, 0.1) is 0 Å². The summed E-state index contributed by atoms with van der Waals surface area (Å²) in [5.74, 6) is -0.889. The van der Waals surface area contributed by atoms with Gasteiger partial charge in [-0.25, -0.2) is 4.79 Å². The predicted molar refractivity (Wildman–Crippen MR) is 62.2 cm³/mol. The molecule has 0 unspecified atom stereocenters. The van der Waals surface area contributed by atoms with Gasteiger partial charge in [0, 0.05) is 6.20 Å². The van der Waals surface area contributed by atoms with Gasteiger partial charge in [0.15, 0.2) is 0 Å². The minimum Gasteiger partial charge on any atom is -0.459 e. The van der Waals surface area contributed by atoms with Gasteiger partial charge < -0.3 is 4.74 Å². The number of aromatic nitrogens is 2. The summed E-state index contributed by atoms with van der Waals surface area (Å²) in [6, 6.07) is 0. The zero-order valence-corrected chi connectivity index (χ0v) is 11.0. The van der Waals surface area contributed by atoms with Gasteiger partial charge >= 0.3 is 17.8 Å². The minimum absolute atomic E-state index is 0.297. The lowest BCUT2D eigenvalue weighted by molar-refractivity contribution is -0.156. The number of carbonyl (C=O) groups excluding carboxylic acids is 1. The van der Waals surface area contributed by atoms with Crippen molar-refractivity contribution in [3.05, 3.63) is 32.6 Å². The maximum absolute atomic E-state index is 12.5. The molecule has 0 aliphatic carbocycles. The van der Waals surface area contributed by atoms with Gasteiger partial charge in [0.2, 0.25) is 0 Å². The van der Waals surface area contributed by atoms with Gasteiger partial charge in [-0.3, -0.25) is 19.1 Å². The highest BCUT2D eigenvalue weighted by Gasteiger charge is 2.35. The summed E-state index contributed by atoms with van der Waals surface area (Å²) in [5, 5.41) is 0. The summed E-state index contributed by atoms with van der Waals surface area (Å²) >= 11 is 0. The van der Waals surface area contributed by atoms with Gasteiger partial charge in [-0.1, -0.05) is 0 Å². The lowest BCUT2D eigenvalue weighted by Crippen LogP contribution is -2.37. The first kappa shape index (κ1) is 16.0. The molecule has 1 aromatic heterocycles. The molecule has 0 aliphatic rings. The molecule has 0 aliphatic heterocycles. The van der Waals surface area contributed by atoms with Crippen LogP contribution < -0.4 is 11.2 Å². The molecular formula is C11H13F3N2O4. The first-order valence-corrected chi connectivity index (χ1v) is 5.53. The van der Waals surface area contributed by atoms with E-state index in [1.165, 1.54) is 4.98 Å². The molecule has 1 N–H and O–H groups in total. The number of hydrogen-bond donors (Lipinski definition) is 1. The van der Waals surface area contributed by atoms with Crippen LogP contribution in [0.3, 0.4) is 0 Å². The van der Waals surface area contributed by atoms with E-state index in [-0.39, 0.29) is 0 Å². The Morgan fingerprint density at radius 1 is 1.30 bits per heavy atom. The quantitative estimate of drug-likeness (QED) is 0.822. The number of H-pyrrole nitrogens is 1. The molecule has 9 heteroatoms. The highest BCUT2D eigenvalue weighted by Crippen LogP contribution is 2.25. The van der Waals surface area contributed by atoms with E-state index in [1.54, 1.807) is 20.8 Å². The summed E-state index contributed by atoms with van der Waals surface area (Å²) in [7, 11) is 0. The number of halogens is 3. The highest BCUT2D eigenvalue weighted by atomic mass is 19.4. The standard InChI is InChI=1S/C11H13F3N2O4/c1-10(2,3)20-7(17)5-16-4-6(11(12,13)14)8(18)15-9(16)19/h4H,5H2,1-3H3,(H,15,18,19). The molecule has 1 rings (SSSR count). The van der Waals surface area contributed by atoms with E-state index in [9.17, 15) is 27.6 Å². The monoisotopic (exact) mass is 294 g/mol. The topological polar surface area (TPSA) is 81.2 Å². The molecule has 112 valence electrons. The van der Waals surface area contributed by atoms with Gasteiger partial charge in [-0.2, -0.15) is 13.2 Å². The summed E-state index contributed by atoms with van der Waals surface area (Å²) in [4.78, 5) is 35.4. The number of rotatable bonds is 2. The number of nitrogens with zero attached hydrogens (tertiary/aromatic N) is 1. The lowest BCUT2D eigenvalue weighted by Gasteiger charge is -2.19. The smallest absolute Gasteiger partial charge is 0.423 e. The number of carbonyl (C=O) groups is 1. The Morgan fingerprint density at radius 2 is 1.85 bits per heavy atom. The number of nitrogens with one attached hydrogen (secondary N) is 1. The molecule has 0 bridgehead atoms. The molecule has 0 atom stereocenters. The Morgan fingerprint density at radius 3 is 2.30 bits per heavy atom. The van der Waals surface area contributed by atoms with E-state index < -0.39 is 41.1 Å². The molecule has 6 nitrogen and oxygen atoms in total. The van der Waals surface area contributed by atoms with Crippen LogP contribution in [0.15, 0.2) is 15.8 Å². The van der Waals surface area contributed by atoms with E-state index in [4.69, 9.17) is 4.74 Å². The van der Waals surface area contributed by atoms with E-state index in [0.29, 0.717) is 10.8 Å². The van der Waals surface area contributed by atoms with Crippen molar-refractivity contribution < 1.29 is 22.7 Å². The molecule has 0 saturated carbocycles. The first-order valence-electron chi connectivity index (χ1n) is 5.53. The van der Waals surface area contributed by atoms with E-state index in [0.717, 1.165) is 0 Å². The Hall–Kier alpha value is -2.06. The number of alkyl halides is 3. The van der Waals surface area contributed by atoms with E-state index in [2.05, 4.69) is 0 Å². The molecule has 0 saturated heterocycles. The first-order chi connectivity index (χ1) is 8.90. The normalized spacial score (nSPS) is 12.3. The van der Waals surface area contributed by atoms with Crippen molar-refractivity contribution >= 4 is 5.97 Å². The molecule has 1 aromatic rings. The molecule has 1 heterocycles. The van der Waals surface area contributed by atoms with Crippen molar-refractivity contribution in [2.75, 3.05) is 0 Å². The summed E-state index contributed by atoms with van der Waals surface area (Å²) in [6.07, 6.45) is -4.62. The largest absolute Gasteiger partial charge is 0.459 e. The highest BCUT2D eigenvalue weighted by molar-refractivity contribution is 5.69. The molecule has 0 spiro atoms. The SMILES string of the molecule is CC(C)(C)OC(=O)Cn1cc(C(F)(F)F)c(=O)[nH]c1=O. The van der Waals surface area contributed by atoms with Gasteiger partial charge in [0.1, 0.15) is 17.7 Å². The second-order valence-corrected chi connectivity index (χ2v) is 5.01. The van der Waals surface area contributed by atoms with E-state index in [1.807, 2.05) is 0 Å². The van der Waals surface area contributed by atoms with Crippen LogP contribution in [-0.2, 0) is 22.3 Å². The Bertz CT molecular complexity index is 622. The van der Waals surface area contributed by atoms with Crippen LogP contribution in [0.25, 0.3) is 0 Å². The van der Waals surface area contributed by atoms with Gasteiger partial charge in [0.25, 0.3) is 5.56 Å². The third kappa shape index (κ3) is 4.25. The third-order valence-electron chi connectivity index (χ3n) is 2.04. The van der Waals surface area contributed by atoms with Crippen LogP contribution in [-0.4, -0.2) is 21.1 Å². The van der Waals surface area contributed by atoms with Gasteiger partial charge in [-0.05, 0) is 20.8 Å². The number of aromatic amines is 1. The van der Waals surface area contributed by atoms with Crippen molar-refractivity contribution in [3.63, 3.8) is 0 Å². The fourth-order valence-electron chi connectivity index (χ4n) is 1.34. The number of ether oxygens (including phenoxy) is 1. The average Bonchev–Trinajstić information content (AvgIpc) is 2.17. The van der Waals surface area contributed by atoms with Gasteiger partial charge in [0.05, 0.1) is 0 Å². The molecule has 0 fully saturated rings. The van der Waals surface area contributed by atoms with Crippen LogP contribution in [0.2, 0.25) is 0 Å². The van der Waals surface area contributed by atoms with Crippen molar-refractivity contribution in [3.8, 4) is 0 Å². The molecular weight excluding hydrogens is 281 g/mol. The summed E-state index contributed by atoms with van der Waals surface area (Å²) in [6.45, 7) is 3.99. The van der Waals surface area contributed by atoms with Crippen molar-refractivity contribution in [2.24, 2.45) is 0 Å². The second kappa shape index (κ2) is 5.14. The van der Waals surface area contributed by atoms with Crippen LogP contribution in [0.1, 0.15) is 26.3 Å². The summed E-state index contributed by atoms with van der Waals surface area (Å²) < 4.78 is 42.9. The third-order valence-corrected chi connectivity index (χ3v) is 2.04. The minimum atomic E-state index is -4.92. The van der Waals surface area contributed by atoms with E-state index >= 15 is 0 Å². The van der Waals surface area contributed by atoms with Crippen molar-refractivity contribution in [1.29, 1.82) is 0 Å². The lowest BCUT2D eigenvalue weighted by atomic mass is 10.2. The van der Waals surface area contributed by atoms with Crippen LogP contribution in [0.5, 0.6) is 0 Å². The second-order valence-electron chi connectivity index (χ2n) is 5.01. The Labute approximate surface area is 111 Å². The Balaban J connectivity index is 3.12. The molecule has 0 amide bonds. The van der Waals surface area contributed by atoms with Gasteiger partial charge in [-0.15, -0.1) is 0 Å². The molecule has 20 heavy (non-hydrogen) atoms. The zero-order chi connectivity index (χ0) is 15.7. The van der Waals surface area contributed by atoms with Crippen molar-refractivity contribution in [1.82, 2.24) is 9.55 Å². The molecule has 0 radical (unpaired) electrons. The van der Waals surface area contributed by atoms with Crippen molar-refractivity contribution in [2.45, 2.75) is 39.1 Å². The fourth-order valence-corrected chi connectivity index (χ4v) is 1.34. The zero-order valence-electron chi connectivity index (χ0n) is 11.0. The maximum atomic E-state index is 12.5. The Kier molecular flexibility index (Phi) is 4.11. The summed E-state index contributed by atoms with van der Waals surface area (Å²) in [5.41, 5.74) is -5.06.